The number of hydrogen-bond donors (Lipinski definition) is 0. The lowest BCUT2D eigenvalue weighted by Crippen LogP contribution is -2.40. The molecule has 1 aliphatic heterocycles. The van der Waals surface area contributed by atoms with Crippen LogP contribution in [0, 0.1) is 12.8 Å². The van der Waals surface area contributed by atoms with Crippen LogP contribution in [-0.2, 0) is 17.8 Å². The number of aryl methyl sites for hydroxylation is 1. The second-order valence-corrected chi connectivity index (χ2v) is 7.76. The van der Waals surface area contributed by atoms with Gasteiger partial charge in [0.05, 0.1) is 6.42 Å². The maximum Gasteiger partial charge on any atom is 0.226 e. The first kappa shape index (κ1) is 18.5. The van der Waals surface area contributed by atoms with E-state index in [1.807, 2.05) is 41.4 Å². The van der Waals surface area contributed by atoms with E-state index in [2.05, 4.69) is 46.9 Å². The van der Waals surface area contributed by atoms with Crippen LogP contribution < -0.4 is 0 Å². The van der Waals surface area contributed by atoms with Crippen LogP contribution in [0.2, 0.25) is 0 Å². The first-order valence-electron chi connectivity index (χ1n) is 10.1. The number of likely N-dealkylation sites (tertiary alicyclic amines) is 1. The average molecular weight is 374 g/mol. The second kappa shape index (κ2) is 8.42. The Morgan fingerprint density at radius 2 is 1.86 bits per heavy atom. The van der Waals surface area contributed by atoms with Crippen LogP contribution in [0.3, 0.4) is 0 Å². The average Bonchev–Trinajstić information content (AvgIpc) is 3.17. The Bertz CT molecular complexity index is 924. The minimum atomic E-state index is 0.247. The number of piperidine rings is 1. The maximum absolute atomic E-state index is 12.7. The molecule has 28 heavy (non-hydrogen) atoms. The van der Waals surface area contributed by atoms with Crippen LogP contribution in [0.5, 0.6) is 0 Å². The number of imidazole rings is 1. The van der Waals surface area contributed by atoms with Gasteiger partial charge in [0.1, 0.15) is 5.82 Å². The summed E-state index contributed by atoms with van der Waals surface area (Å²) in [6.45, 7) is 4.73. The van der Waals surface area contributed by atoms with E-state index >= 15 is 0 Å². The van der Waals surface area contributed by atoms with E-state index in [-0.39, 0.29) is 5.91 Å². The molecule has 1 fully saturated rings. The number of carbonyl (C=O) groups is 1. The van der Waals surface area contributed by atoms with Crippen molar-refractivity contribution in [3.63, 3.8) is 0 Å². The van der Waals surface area contributed by atoms with Crippen LogP contribution in [0.25, 0.3) is 11.4 Å². The van der Waals surface area contributed by atoms with E-state index in [1.54, 1.807) is 0 Å². The van der Waals surface area contributed by atoms with Crippen LogP contribution in [0.4, 0.5) is 0 Å². The Labute approximate surface area is 166 Å². The molecule has 0 bridgehead atoms. The molecule has 4 heteroatoms. The maximum atomic E-state index is 12.7. The fourth-order valence-electron chi connectivity index (χ4n) is 4.06. The fraction of sp³-hybridized carbons (Fsp3) is 0.333. The van der Waals surface area contributed by atoms with E-state index in [0.29, 0.717) is 12.3 Å². The number of amides is 1. The lowest BCUT2D eigenvalue weighted by atomic mass is 9.96. The van der Waals surface area contributed by atoms with Gasteiger partial charge in [0.25, 0.3) is 0 Å². The zero-order valence-electron chi connectivity index (χ0n) is 16.4. The summed E-state index contributed by atoms with van der Waals surface area (Å²) in [5.41, 5.74) is 3.47. The van der Waals surface area contributed by atoms with Gasteiger partial charge in [-0.1, -0.05) is 60.2 Å². The highest BCUT2D eigenvalue weighted by atomic mass is 16.2. The van der Waals surface area contributed by atoms with Gasteiger partial charge in [0, 0.05) is 37.6 Å². The van der Waals surface area contributed by atoms with Crippen molar-refractivity contribution in [3.05, 3.63) is 78.1 Å². The summed E-state index contributed by atoms with van der Waals surface area (Å²) in [6, 6.07) is 18.6. The third-order valence-corrected chi connectivity index (χ3v) is 5.61. The molecule has 1 saturated heterocycles. The summed E-state index contributed by atoms with van der Waals surface area (Å²) < 4.78 is 2.25. The predicted molar refractivity (Wildman–Crippen MR) is 112 cm³/mol. The zero-order chi connectivity index (χ0) is 19.3. The van der Waals surface area contributed by atoms with Gasteiger partial charge in [-0.15, -0.1) is 0 Å². The molecular formula is C24H27N3O. The molecule has 0 N–H and O–H groups in total. The summed E-state index contributed by atoms with van der Waals surface area (Å²) in [5.74, 6) is 1.86. The molecule has 0 spiro atoms. The number of carbonyl (C=O) groups excluding carboxylic acids is 1. The van der Waals surface area contributed by atoms with Crippen LogP contribution in [-0.4, -0.2) is 33.4 Å². The van der Waals surface area contributed by atoms with Crippen molar-refractivity contribution in [2.24, 2.45) is 5.92 Å². The number of hydrogen-bond acceptors (Lipinski definition) is 2. The fourth-order valence-corrected chi connectivity index (χ4v) is 4.06. The molecule has 1 aromatic heterocycles. The molecule has 4 nitrogen and oxygen atoms in total. The molecule has 2 heterocycles. The number of rotatable bonds is 5. The van der Waals surface area contributed by atoms with Gasteiger partial charge in [0.15, 0.2) is 0 Å². The van der Waals surface area contributed by atoms with Crippen molar-refractivity contribution in [2.75, 3.05) is 13.1 Å². The lowest BCUT2D eigenvalue weighted by molar-refractivity contribution is -0.131. The molecule has 0 radical (unpaired) electrons. The van der Waals surface area contributed by atoms with E-state index in [9.17, 15) is 4.79 Å². The summed E-state index contributed by atoms with van der Waals surface area (Å²) in [4.78, 5) is 19.2. The summed E-state index contributed by atoms with van der Waals surface area (Å²) in [5, 5.41) is 0. The first-order valence-corrected chi connectivity index (χ1v) is 10.1. The van der Waals surface area contributed by atoms with E-state index in [1.165, 1.54) is 5.56 Å². The number of aromatic nitrogens is 2. The Morgan fingerprint density at radius 3 is 2.61 bits per heavy atom. The summed E-state index contributed by atoms with van der Waals surface area (Å²) in [6.07, 6.45) is 6.55. The van der Waals surface area contributed by atoms with E-state index < -0.39 is 0 Å². The monoisotopic (exact) mass is 373 g/mol. The van der Waals surface area contributed by atoms with Gasteiger partial charge < -0.3 is 9.47 Å². The van der Waals surface area contributed by atoms with Gasteiger partial charge in [-0.3, -0.25) is 4.79 Å². The van der Waals surface area contributed by atoms with Crippen molar-refractivity contribution in [3.8, 4) is 11.4 Å². The Morgan fingerprint density at radius 1 is 1.07 bits per heavy atom. The molecule has 1 aliphatic rings. The molecule has 0 aliphatic carbocycles. The minimum absolute atomic E-state index is 0.247. The Hall–Kier alpha value is -2.88. The van der Waals surface area contributed by atoms with Gasteiger partial charge in [-0.25, -0.2) is 4.98 Å². The lowest BCUT2D eigenvalue weighted by Gasteiger charge is -2.32. The Kier molecular flexibility index (Phi) is 5.56. The molecule has 2 aromatic carbocycles. The normalized spacial score (nSPS) is 15.0. The zero-order valence-corrected chi connectivity index (χ0v) is 16.4. The molecule has 0 saturated carbocycles. The van der Waals surface area contributed by atoms with Gasteiger partial charge in [0.2, 0.25) is 5.91 Å². The standard InChI is InChI=1S/C24H27N3O/c1-19-6-5-7-21(16-19)17-23(28)26-13-10-20(11-14-26)18-27-15-12-25-24(27)22-8-3-2-4-9-22/h2-9,12,15-16,20H,10-11,13-14,17-18H2,1H3. The molecule has 1 amide bonds. The molecule has 0 atom stereocenters. The van der Waals surface area contributed by atoms with Crippen LogP contribution >= 0.6 is 0 Å². The molecule has 4 rings (SSSR count). The molecule has 3 aromatic rings. The molecule has 144 valence electrons. The minimum Gasteiger partial charge on any atom is -0.342 e. The smallest absolute Gasteiger partial charge is 0.226 e. The van der Waals surface area contributed by atoms with Crippen molar-refractivity contribution >= 4 is 5.91 Å². The third-order valence-electron chi connectivity index (χ3n) is 5.61. The van der Waals surface area contributed by atoms with E-state index in [0.717, 1.165) is 49.4 Å². The summed E-state index contributed by atoms with van der Waals surface area (Å²) >= 11 is 0. The number of nitrogens with zero attached hydrogens (tertiary/aromatic N) is 3. The molecular weight excluding hydrogens is 346 g/mol. The van der Waals surface area contributed by atoms with Crippen molar-refractivity contribution in [1.82, 2.24) is 14.5 Å². The van der Waals surface area contributed by atoms with Crippen molar-refractivity contribution in [1.29, 1.82) is 0 Å². The van der Waals surface area contributed by atoms with Crippen LogP contribution in [0.1, 0.15) is 24.0 Å². The summed E-state index contributed by atoms with van der Waals surface area (Å²) in [7, 11) is 0. The highest BCUT2D eigenvalue weighted by Crippen LogP contribution is 2.23. The van der Waals surface area contributed by atoms with Gasteiger partial charge >= 0.3 is 0 Å². The third kappa shape index (κ3) is 4.33. The second-order valence-electron chi connectivity index (χ2n) is 7.76. The van der Waals surface area contributed by atoms with Crippen molar-refractivity contribution < 1.29 is 4.79 Å². The van der Waals surface area contributed by atoms with Crippen LogP contribution in [0.15, 0.2) is 67.0 Å². The van der Waals surface area contributed by atoms with E-state index in [4.69, 9.17) is 0 Å². The first-order chi connectivity index (χ1) is 13.7. The highest BCUT2D eigenvalue weighted by Gasteiger charge is 2.23. The van der Waals surface area contributed by atoms with Gasteiger partial charge in [-0.05, 0) is 31.2 Å². The van der Waals surface area contributed by atoms with Crippen molar-refractivity contribution in [2.45, 2.75) is 32.7 Å². The Balaban J connectivity index is 1.33. The highest BCUT2D eigenvalue weighted by molar-refractivity contribution is 5.78. The topological polar surface area (TPSA) is 38.1 Å². The molecule has 0 unspecified atom stereocenters. The quantitative estimate of drug-likeness (QED) is 0.667. The predicted octanol–water partition coefficient (Wildman–Crippen LogP) is 4.34. The number of benzene rings is 2. The van der Waals surface area contributed by atoms with Gasteiger partial charge in [-0.2, -0.15) is 0 Å². The largest absolute Gasteiger partial charge is 0.342 e. The SMILES string of the molecule is Cc1cccc(CC(=O)N2CCC(Cn3ccnc3-c3ccccc3)CC2)c1.